The summed E-state index contributed by atoms with van der Waals surface area (Å²) in [7, 11) is 1.65. The van der Waals surface area contributed by atoms with Crippen LogP contribution in [-0.4, -0.2) is 52.4 Å². The van der Waals surface area contributed by atoms with Crippen LogP contribution in [0, 0.1) is 11.8 Å². The second-order valence-electron chi connectivity index (χ2n) is 8.39. The number of aliphatic hydroxyl groups is 1. The van der Waals surface area contributed by atoms with Gasteiger partial charge in [0.05, 0.1) is 13.2 Å². The van der Waals surface area contributed by atoms with Crippen molar-refractivity contribution in [3.05, 3.63) is 41.6 Å². The number of piperidine rings is 1. The lowest BCUT2D eigenvalue weighted by Crippen LogP contribution is -2.42. The molecule has 164 valence electrons. The summed E-state index contributed by atoms with van der Waals surface area (Å²) in [5.74, 6) is 2.61. The number of amides is 1. The fourth-order valence-electron chi connectivity index (χ4n) is 3.94. The van der Waals surface area contributed by atoms with Gasteiger partial charge in [-0.05, 0) is 48.8 Å². The lowest BCUT2D eigenvalue weighted by atomic mass is 9.85. The van der Waals surface area contributed by atoms with Crippen molar-refractivity contribution < 1.29 is 19.1 Å². The second-order valence-corrected chi connectivity index (χ2v) is 8.39. The van der Waals surface area contributed by atoms with Crippen LogP contribution in [0.25, 0.3) is 0 Å². The Balaban J connectivity index is 1.40. The van der Waals surface area contributed by atoms with Crippen LogP contribution in [0.5, 0.6) is 5.75 Å². The standard InChI is InChI=1S/C23H33N3O4/c1-16(2)23(28)18-12-14-26(15-13-18)22(27)11-10-21-25-24-20(30-21)9-6-17-4-7-19(29-3)8-5-17/h4-5,7-8,16,18,23,28H,6,9-15H2,1-3H3. The first-order chi connectivity index (χ1) is 14.5. The molecule has 0 aliphatic carbocycles. The molecule has 7 heteroatoms. The number of methoxy groups -OCH3 is 1. The molecule has 1 fully saturated rings. The van der Waals surface area contributed by atoms with Gasteiger partial charge in [0.1, 0.15) is 5.75 Å². The molecule has 3 rings (SSSR count). The van der Waals surface area contributed by atoms with E-state index in [-0.39, 0.29) is 17.9 Å². The zero-order chi connectivity index (χ0) is 21.5. The molecule has 1 aliphatic rings. The summed E-state index contributed by atoms with van der Waals surface area (Å²) in [6, 6.07) is 7.93. The Bertz CT molecular complexity index is 795. The molecule has 0 bridgehead atoms. The average Bonchev–Trinajstić information content (AvgIpc) is 3.23. The molecule has 2 aromatic rings. The number of hydrogen-bond acceptors (Lipinski definition) is 6. The third kappa shape index (κ3) is 6.05. The zero-order valence-electron chi connectivity index (χ0n) is 18.2. The molecular weight excluding hydrogens is 382 g/mol. The van der Waals surface area contributed by atoms with Gasteiger partial charge < -0.3 is 19.2 Å². The van der Waals surface area contributed by atoms with E-state index in [0.29, 0.717) is 50.1 Å². The van der Waals surface area contributed by atoms with Gasteiger partial charge in [0, 0.05) is 32.4 Å². The van der Waals surface area contributed by atoms with Crippen LogP contribution < -0.4 is 4.74 Å². The maximum absolute atomic E-state index is 12.5. The number of ether oxygens (including phenoxy) is 1. The van der Waals surface area contributed by atoms with E-state index >= 15 is 0 Å². The third-order valence-corrected chi connectivity index (χ3v) is 5.91. The molecule has 30 heavy (non-hydrogen) atoms. The summed E-state index contributed by atoms with van der Waals surface area (Å²) in [6.45, 7) is 5.50. The predicted molar refractivity (Wildman–Crippen MR) is 113 cm³/mol. The van der Waals surface area contributed by atoms with Crippen molar-refractivity contribution in [2.45, 2.75) is 58.5 Å². The second kappa shape index (κ2) is 10.6. The number of carbonyl (C=O) groups is 1. The number of hydrogen-bond donors (Lipinski definition) is 1. The van der Waals surface area contributed by atoms with Gasteiger partial charge in [-0.15, -0.1) is 10.2 Å². The van der Waals surface area contributed by atoms with Crippen molar-refractivity contribution in [1.82, 2.24) is 15.1 Å². The fourth-order valence-corrected chi connectivity index (χ4v) is 3.94. The van der Waals surface area contributed by atoms with E-state index < -0.39 is 0 Å². The Labute approximate surface area is 178 Å². The van der Waals surface area contributed by atoms with Gasteiger partial charge in [-0.1, -0.05) is 26.0 Å². The molecule has 1 N–H and O–H groups in total. The number of aromatic nitrogens is 2. The van der Waals surface area contributed by atoms with E-state index in [1.165, 1.54) is 5.56 Å². The van der Waals surface area contributed by atoms with Gasteiger partial charge in [-0.2, -0.15) is 0 Å². The van der Waals surface area contributed by atoms with Crippen molar-refractivity contribution in [3.63, 3.8) is 0 Å². The van der Waals surface area contributed by atoms with E-state index in [1.54, 1.807) is 7.11 Å². The molecular formula is C23H33N3O4. The summed E-state index contributed by atoms with van der Waals surface area (Å²) in [5, 5.41) is 18.4. The summed E-state index contributed by atoms with van der Waals surface area (Å²) in [6.07, 6.45) is 3.75. The lowest BCUT2D eigenvalue weighted by molar-refractivity contribution is -0.133. The number of carbonyl (C=O) groups excluding carboxylic acids is 1. The summed E-state index contributed by atoms with van der Waals surface area (Å²) >= 11 is 0. The smallest absolute Gasteiger partial charge is 0.223 e. The van der Waals surface area contributed by atoms with Gasteiger partial charge >= 0.3 is 0 Å². The van der Waals surface area contributed by atoms with Crippen molar-refractivity contribution >= 4 is 5.91 Å². The van der Waals surface area contributed by atoms with Gasteiger partial charge in [0.15, 0.2) is 0 Å². The molecule has 0 saturated carbocycles. The Morgan fingerprint density at radius 2 is 1.77 bits per heavy atom. The van der Waals surface area contributed by atoms with Gasteiger partial charge in [-0.25, -0.2) is 0 Å². The largest absolute Gasteiger partial charge is 0.497 e. The minimum absolute atomic E-state index is 0.116. The molecule has 0 radical (unpaired) electrons. The zero-order valence-corrected chi connectivity index (χ0v) is 18.2. The maximum atomic E-state index is 12.5. The van der Waals surface area contributed by atoms with Crippen LogP contribution in [0.4, 0.5) is 0 Å². The fraction of sp³-hybridized carbons (Fsp3) is 0.609. The number of likely N-dealkylation sites (tertiary alicyclic amines) is 1. The van der Waals surface area contributed by atoms with Crippen molar-refractivity contribution in [1.29, 1.82) is 0 Å². The predicted octanol–water partition coefficient (Wildman–Crippen LogP) is 3.05. The van der Waals surface area contributed by atoms with E-state index in [0.717, 1.165) is 25.0 Å². The van der Waals surface area contributed by atoms with E-state index in [2.05, 4.69) is 10.2 Å². The van der Waals surface area contributed by atoms with Crippen molar-refractivity contribution in [3.8, 4) is 5.75 Å². The Kier molecular flexibility index (Phi) is 7.85. The van der Waals surface area contributed by atoms with E-state index in [9.17, 15) is 9.90 Å². The normalized spacial score (nSPS) is 16.1. The molecule has 1 aromatic carbocycles. The molecule has 1 unspecified atom stereocenters. The Morgan fingerprint density at radius 3 is 2.37 bits per heavy atom. The van der Waals surface area contributed by atoms with Gasteiger partial charge in [0.2, 0.25) is 17.7 Å². The Hall–Kier alpha value is -2.41. The number of benzene rings is 1. The molecule has 1 atom stereocenters. The van der Waals surface area contributed by atoms with Crippen LogP contribution >= 0.6 is 0 Å². The van der Waals surface area contributed by atoms with Crippen LogP contribution in [0.1, 0.15) is 50.5 Å². The number of aliphatic hydroxyl groups excluding tert-OH is 1. The monoisotopic (exact) mass is 415 g/mol. The summed E-state index contributed by atoms with van der Waals surface area (Å²) in [4.78, 5) is 14.4. The van der Waals surface area contributed by atoms with Gasteiger partial charge in [0.25, 0.3) is 0 Å². The first-order valence-electron chi connectivity index (χ1n) is 10.9. The molecule has 1 aromatic heterocycles. The Morgan fingerprint density at radius 1 is 1.13 bits per heavy atom. The number of nitrogens with zero attached hydrogens (tertiary/aromatic N) is 3. The quantitative estimate of drug-likeness (QED) is 0.677. The lowest BCUT2D eigenvalue weighted by Gasteiger charge is -2.35. The highest BCUT2D eigenvalue weighted by atomic mass is 16.5. The highest BCUT2D eigenvalue weighted by Gasteiger charge is 2.28. The van der Waals surface area contributed by atoms with Crippen LogP contribution in [0.2, 0.25) is 0 Å². The molecule has 1 aliphatic heterocycles. The number of aryl methyl sites for hydroxylation is 3. The van der Waals surface area contributed by atoms with Crippen LogP contribution in [0.15, 0.2) is 28.7 Å². The van der Waals surface area contributed by atoms with Gasteiger partial charge in [-0.3, -0.25) is 4.79 Å². The van der Waals surface area contributed by atoms with Crippen molar-refractivity contribution in [2.75, 3.05) is 20.2 Å². The summed E-state index contributed by atoms with van der Waals surface area (Å²) in [5.41, 5.74) is 1.18. The maximum Gasteiger partial charge on any atom is 0.223 e. The highest BCUT2D eigenvalue weighted by Crippen LogP contribution is 2.25. The first-order valence-corrected chi connectivity index (χ1v) is 10.9. The van der Waals surface area contributed by atoms with Crippen molar-refractivity contribution in [2.24, 2.45) is 11.8 Å². The number of rotatable bonds is 9. The minimum Gasteiger partial charge on any atom is -0.497 e. The molecule has 1 saturated heterocycles. The topological polar surface area (TPSA) is 88.7 Å². The van der Waals surface area contributed by atoms with Crippen LogP contribution in [0.3, 0.4) is 0 Å². The highest BCUT2D eigenvalue weighted by molar-refractivity contribution is 5.76. The van der Waals surface area contributed by atoms with E-state index in [4.69, 9.17) is 9.15 Å². The average molecular weight is 416 g/mol. The first kappa shape index (κ1) is 22.3. The SMILES string of the molecule is COc1ccc(CCc2nnc(CCC(=O)N3CCC(C(O)C(C)C)CC3)o2)cc1. The minimum atomic E-state index is -0.281. The molecule has 1 amide bonds. The summed E-state index contributed by atoms with van der Waals surface area (Å²) < 4.78 is 10.9. The third-order valence-electron chi connectivity index (χ3n) is 5.91. The molecule has 7 nitrogen and oxygen atoms in total. The van der Waals surface area contributed by atoms with E-state index in [1.807, 2.05) is 43.0 Å². The molecule has 2 heterocycles. The van der Waals surface area contributed by atoms with Crippen LogP contribution in [-0.2, 0) is 24.1 Å². The molecule has 0 spiro atoms.